The maximum absolute atomic E-state index is 11.9. The van der Waals surface area contributed by atoms with E-state index in [9.17, 15) is 4.39 Å². The van der Waals surface area contributed by atoms with Crippen molar-refractivity contribution in [2.24, 2.45) is 0 Å². The first kappa shape index (κ1) is 10.1. The lowest BCUT2D eigenvalue weighted by Crippen LogP contribution is -1.98. The van der Waals surface area contributed by atoms with Crippen molar-refractivity contribution in [2.75, 3.05) is 6.61 Å². The lowest BCUT2D eigenvalue weighted by atomic mass is 10.1. The van der Waals surface area contributed by atoms with Crippen LogP contribution in [0, 0.1) is 0 Å². The van der Waals surface area contributed by atoms with Crippen LogP contribution in [0.1, 0.15) is 12.0 Å². The van der Waals surface area contributed by atoms with Crippen molar-refractivity contribution >= 4 is 17.5 Å². The molecule has 1 aromatic carbocycles. The fourth-order valence-corrected chi connectivity index (χ4v) is 1.16. The van der Waals surface area contributed by atoms with E-state index in [4.69, 9.17) is 0 Å². The molecule has 1 aromatic rings. The standard InChI is InChI=1S/C10H11FOS/c11-10(13)12-8-4-7-9-5-2-1-3-6-9/h1-3,5-6H,4,7-8H2. The molecule has 0 aliphatic carbocycles. The molecule has 0 saturated carbocycles. The van der Waals surface area contributed by atoms with Crippen molar-refractivity contribution in [1.29, 1.82) is 0 Å². The third kappa shape index (κ3) is 4.58. The number of halogens is 1. The summed E-state index contributed by atoms with van der Waals surface area (Å²) in [7, 11) is 0. The Labute approximate surface area is 82.5 Å². The summed E-state index contributed by atoms with van der Waals surface area (Å²) in [5.74, 6) is 0. The van der Waals surface area contributed by atoms with Crippen LogP contribution in [0.2, 0.25) is 0 Å². The highest BCUT2D eigenvalue weighted by Crippen LogP contribution is 2.02. The number of hydrogen-bond acceptors (Lipinski definition) is 2. The predicted molar refractivity (Wildman–Crippen MR) is 54.4 cm³/mol. The van der Waals surface area contributed by atoms with E-state index in [0.29, 0.717) is 6.61 Å². The molecule has 13 heavy (non-hydrogen) atoms. The van der Waals surface area contributed by atoms with Crippen molar-refractivity contribution in [2.45, 2.75) is 12.8 Å². The lowest BCUT2D eigenvalue weighted by Gasteiger charge is -2.01. The fraction of sp³-hybridized carbons (Fsp3) is 0.300. The Kier molecular flexibility index (Phi) is 4.40. The van der Waals surface area contributed by atoms with Gasteiger partial charge in [0.2, 0.25) is 0 Å². The van der Waals surface area contributed by atoms with Crippen molar-refractivity contribution in [3.63, 3.8) is 0 Å². The summed E-state index contributed by atoms with van der Waals surface area (Å²) in [6.45, 7) is 0.351. The Morgan fingerprint density at radius 1 is 1.31 bits per heavy atom. The average Bonchev–Trinajstić information content (AvgIpc) is 2.14. The van der Waals surface area contributed by atoms with E-state index in [1.807, 2.05) is 30.3 Å². The van der Waals surface area contributed by atoms with Crippen LogP contribution in [0.25, 0.3) is 0 Å². The van der Waals surface area contributed by atoms with Gasteiger partial charge >= 0.3 is 5.30 Å². The summed E-state index contributed by atoms with van der Waals surface area (Å²) in [5, 5.41) is -0.868. The van der Waals surface area contributed by atoms with Gasteiger partial charge in [0.05, 0.1) is 6.61 Å². The summed E-state index contributed by atoms with van der Waals surface area (Å²) in [4.78, 5) is 0. The van der Waals surface area contributed by atoms with Gasteiger partial charge in [-0.2, -0.15) is 4.39 Å². The van der Waals surface area contributed by atoms with Crippen LogP contribution >= 0.6 is 12.2 Å². The highest BCUT2D eigenvalue weighted by molar-refractivity contribution is 7.79. The summed E-state index contributed by atoms with van der Waals surface area (Å²) >= 11 is 4.14. The molecular formula is C10H11FOS. The molecule has 0 aliphatic rings. The summed E-state index contributed by atoms with van der Waals surface area (Å²) < 4.78 is 16.5. The van der Waals surface area contributed by atoms with E-state index in [-0.39, 0.29) is 0 Å². The van der Waals surface area contributed by atoms with Gasteiger partial charge in [-0.3, -0.25) is 0 Å². The molecule has 0 atom stereocenters. The Morgan fingerprint density at radius 3 is 2.62 bits per heavy atom. The molecule has 0 amide bonds. The van der Waals surface area contributed by atoms with Crippen LogP contribution in [0.4, 0.5) is 4.39 Å². The fourth-order valence-electron chi connectivity index (χ4n) is 1.07. The minimum absolute atomic E-state index is 0.351. The van der Waals surface area contributed by atoms with Gasteiger partial charge in [-0.1, -0.05) is 30.3 Å². The minimum atomic E-state index is -0.868. The molecule has 0 fully saturated rings. The molecule has 70 valence electrons. The Hall–Kier alpha value is -0.960. The van der Waals surface area contributed by atoms with Crippen molar-refractivity contribution in [3.8, 4) is 0 Å². The molecule has 0 saturated heterocycles. The number of aryl methyl sites for hydroxylation is 1. The monoisotopic (exact) mass is 198 g/mol. The minimum Gasteiger partial charge on any atom is -0.463 e. The summed E-state index contributed by atoms with van der Waals surface area (Å²) in [6.07, 6.45) is 1.68. The topological polar surface area (TPSA) is 9.23 Å². The first-order valence-electron chi connectivity index (χ1n) is 4.15. The first-order valence-corrected chi connectivity index (χ1v) is 4.56. The van der Waals surface area contributed by atoms with Crippen LogP contribution in [0.15, 0.2) is 30.3 Å². The van der Waals surface area contributed by atoms with Crippen LogP contribution in [-0.2, 0) is 11.2 Å². The zero-order valence-electron chi connectivity index (χ0n) is 7.20. The highest BCUT2D eigenvalue weighted by Gasteiger charge is 1.94. The van der Waals surface area contributed by atoms with E-state index >= 15 is 0 Å². The zero-order valence-corrected chi connectivity index (χ0v) is 8.02. The average molecular weight is 198 g/mol. The van der Waals surface area contributed by atoms with Gasteiger partial charge in [0.1, 0.15) is 0 Å². The van der Waals surface area contributed by atoms with Gasteiger partial charge in [-0.15, -0.1) is 0 Å². The molecule has 0 bridgehead atoms. The first-order chi connectivity index (χ1) is 6.29. The predicted octanol–water partition coefficient (Wildman–Crippen LogP) is 2.89. The summed E-state index contributed by atoms with van der Waals surface area (Å²) in [5.41, 5.74) is 1.23. The maximum atomic E-state index is 11.9. The number of benzene rings is 1. The maximum Gasteiger partial charge on any atom is 0.342 e. The highest BCUT2D eigenvalue weighted by atomic mass is 32.1. The van der Waals surface area contributed by atoms with Gasteiger partial charge in [0, 0.05) is 0 Å². The van der Waals surface area contributed by atoms with Crippen LogP contribution in [0.3, 0.4) is 0 Å². The van der Waals surface area contributed by atoms with Gasteiger partial charge < -0.3 is 4.74 Å². The third-order valence-electron chi connectivity index (χ3n) is 1.67. The molecule has 0 heterocycles. The molecule has 0 unspecified atom stereocenters. The molecule has 0 spiro atoms. The number of thiocarbonyl (C=S) groups is 1. The molecule has 0 aliphatic heterocycles. The quantitative estimate of drug-likeness (QED) is 0.418. The van der Waals surface area contributed by atoms with Crippen molar-refractivity contribution in [1.82, 2.24) is 0 Å². The molecule has 3 heteroatoms. The van der Waals surface area contributed by atoms with Crippen LogP contribution < -0.4 is 0 Å². The number of ether oxygens (including phenoxy) is 1. The molecule has 1 nitrogen and oxygen atoms in total. The second-order valence-corrected chi connectivity index (χ2v) is 3.00. The van der Waals surface area contributed by atoms with Gasteiger partial charge in [0.15, 0.2) is 0 Å². The van der Waals surface area contributed by atoms with Crippen molar-refractivity contribution in [3.05, 3.63) is 35.9 Å². The Balaban J connectivity index is 2.17. The van der Waals surface area contributed by atoms with Gasteiger partial charge in [-0.25, -0.2) is 0 Å². The van der Waals surface area contributed by atoms with Crippen LogP contribution in [-0.4, -0.2) is 11.9 Å². The lowest BCUT2D eigenvalue weighted by molar-refractivity contribution is 0.270. The largest absolute Gasteiger partial charge is 0.463 e. The van der Waals surface area contributed by atoms with Gasteiger partial charge in [-0.05, 0) is 30.6 Å². The summed E-state index contributed by atoms with van der Waals surface area (Å²) in [6, 6.07) is 10.0. The van der Waals surface area contributed by atoms with Gasteiger partial charge in [0.25, 0.3) is 0 Å². The van der Waals surface area contributed by atoms with E-state index in [2.05, 4.69) is 17.0 Å². The van der Waals surface area contributed by atoms with Crippen molar-refractivity contribution < 1.29 is 9.13 Å². The van der Waals surface area contributed by atoms with E-state index in [1.54, 1.807) is 0 Å². The SMILES string of the molecule is FC(=S)OCCCc1ccccc1. The molecular weight excluding hydrogens is 187 g/mol. The molecule has 1 rings (SSSR count). The Morgan fingerprint density at radius 2 is 2.00 bits per heavy atom. The third-order valence-corrected chi connectivity index (χ3v) is 1.79. The van der Waals surface area contributed by atoms with Crippen LogP contribution in [0.5, 0.6) is 0 Å². The smallest absolute Gasteiger partial charge is 0.342 e. The molecule has 0 radical (unpaired) electrons. The van der Waals surface area contributed by atoms with E-state index < -0.39 is 5.30 Å². The molecule has 0 N–H and O–H groups in total. The number of hydrogen-bond donors (Lipinski definition) is 0. The second-order valence-electron chi connectivity index (χ2n) is 2.68. The normalized spacial score (nSPS) is 9.62. The zero-order chi connectivity index (χ0) is 9.52. The van der Waals surface area contributed by atoms with E-state index in [1.165, 1.54) is 5.56 Å². The molecule has 0 aromatic heterocycles. The van der Waals surface area contributed by atoms with E-state index in [0.717, 1.165) is 12.8 Å². The Bertz CT molecular complexity index is 261. The number of rotatable bonds is 4. The second kappa shape index (κ2) is 5.65.